The van der Waals surface area contributed by atoms with E-state index in [-0.39, 0.29) is 4.75 Å². The minimum Gasteiger partial charge on any atom is -0.254 e. The average Bonchev–Trinajstić information content (AvgIpc) is 2.45. The summed E-state index contributed by atoms with van der Waals surface area (Å²) in [6.45, 7) is 6.00. The SMILES string of the molecule is CC(C)(C)[S@@](=O)c1ccccc1/C=C/c1ccccc1. The molecule has 0 radical (unpaired) electrons. The van der Waals surface area contributed by atoms with Gasteiger partial charge in [0.2, 0.25) is 0 Å². The van der Waals surface area contributed by atoms with Gasteiger partial charge >= 0.3 is 0 Å². The molecule has 0 unspecified atom stereocenters. The van der Waals surface area contributed by atoms with Gasteiger partial charge in [-0.15, -0.1) is 0 Å². The number of hydrogen-bond donors (Lipinski definition) is 0. The quantitative estimate of drug-likeness (QED) is 0.742. The fourth-order valence-electron chi connectivity index (χ4n) is 1.87. The van der Waals surface area contributed by atoms with E-state index >= 15 is 0 Å². The first-order chi connectivity index (χ1) is 9.48. The third kappa shape index (κ3) is 3.67. The van der Waals surface area contributed by atoms with Gasteiger partial charge in [-0.25, -0.2) is 0 Å². The molecule has 0 aliphatic rings. The van der Waals surface area contributed by atoms with E-state index in [1.807, 2.05) is 69.3 Å². The van der Waals surface area contributed by atoms with Gasteiger partial charge in [0.05, 0.1) is 10.8 Å². The molecule has 0 saturated carbocycles. The van der Waals surface area contributed by atoms with Crippen molar-refractivity contribution in [2.45, 2.75) is 30.4 Å². The maximum atomic E-state index is 12.6. The second-order valence-corrected chi connectivity index (χ2v) is 7.86. The fraction of sp³-hybridized carbons (Fsp3) is 0.222. The van der Waals surface area contributed by atoms with Crippen molar-refractivity contribution in [2.24, 2.45) is 0 Å². The highest BCUT2D eigenvalue weighted by Gasteiger charge is 2.22. The van der Waals surface area contributed by atoms with E-state index in [4.69, 9.17) is 0 Å². The molecule has 2 aromatic rings. The molecule has 2 rings (SSSR count). The fourth-order valence-corrected chi connectivity index (χ4v) is 3.08. The van der Waals surface area contributed by atoms with Gasteiger partial charge in [0.25, 0.3) is 0 Å². The zero-order chi connectivity index (χ0) is 14.6. The molecule has 2 heteroatoms. The van der Waals surface area contributed by atoms with E-state index in [1.165, 1.54) is 0 Å². The van der Waals surface area contributed by atoms with Gasteiger partial charge in [0.1, 0.15) is 0 Å². The second-order valence-electron chi connectivity index (χ2n) is 5.66. The molecule has 1 nitrogen and oxygen atoms in total. The molecule has 0 heterocycles. The van der Waals surface area contributed by atoms with Gasteiger partial charge < -0.3 is 0 Å². The van der Waals surface area contributed by atoms with Gasteiger partial charge in [0, 0.05) is 9.64 Å². The molecule has 0 aliphatic carbocycles. The van der Waals surface area contributed by atoms with Crippen LogP contribution in [0, 0.1) is 0 Å². The summed E-state index contributed by atoms with van der Waals surface area (Å²) >= 11 is 0. The summed E-state index contributed by atoms with van der Waals surface area (Å²) in [5, 5.41) is 0. The molecule has 0 bridgehead atoms. The maximum Gasteiger partial charge on any atom is 0.0589 e. The lowest BCUT2D eigenvalue weighted by Crippen LogP contribution is -2.22. The second kappa shape index (κ2) is 6.19. The van der Waals surface area contributed by atoms with Crippen molar-refractivity contribution >= 4 is 23.0 Å². The van der Waals surface area contributed by atoms with Crippen molar-refractivity contribution in [3.8, 4) is 0 Å². The highest BCUT2D eigenvalue weighted by atomic mass is 32.2. The van der Waals surface area contributed by atoms with Crippen LogP contribution >= 0.6 is 0 Å². The topological polar surface area (TPSA) is 17.1 Å². The smallest absolute Gasteiger partial charge is 0.0589 e. The van der Waals surface area contributed by atoms with E-state index in [0.717, 1.165) is 16.0 Å². The highest BCUT2D eigenvalue weighted by Crippen LogP contribution is 2.24. The molecular weight excluding hydrogens is 264 g/mol. The predicted molar refractivity (Wildman–Crippen MR) is 88.0 cm³/mol. The third-order valence-corrected chi connectivity index (χ3v) is 4.81. The Hall–Kier alpha value is -1.67. The zero-order valence-electron chi connectivity index (χ0n) is 12.2. The Morgan fingerprint density at radius 2 is 1.45 bits per heavy atom. The molecule has 0 saturated heterocycles. The molecule has 0 N–H and O–H groups in total. The van der Waals surface area contributed by atoms with Gasteiger partial charge in [-0.3, -0.25) is 4.21 Å². The van der Waals surface area contributed by atoms with Crippen LogP contribution in [0.1, 0.15) is 31.9 Å². The summed E-state index contributed by atoms with van der Waals surface area (Å²) in [5.74, 6) is 0. The van der Waals surface area contributed by atoms with Crippen LogP contribution in [-0.2, 0) is 10.8 Å². The van der Waals surface area contributed by atoms with Gasteiger partial charge in [-0.2, -0.15) is 0 Å². The lowest BCUT2D eigenvalue weighted by molar-refractivity contribution is 0.649. The Balaban J connectivity index is 2.34. The summed E-state index contributed by atoms with van der Waals surface area (Å²) in [7, 11) is -1.02. The Morgan fingerprint density at radius 1 is 0.850 bits per heavy atom. The van der Waals surface area contributed by atoms with E-state index in [1.54, 1.807) is 0 Å². The van der Waals surface area contributed by atoms with Crippen molar-refractivity contribution in [1.82, 2.24) is 0 Å². The number of hydrogen-bond acceptors (Lipinski definition) is 1. The standard InChI is InChI=1S/C18H20OS/c1-18(2,3)20(19)17-12-8-7-11-16(17)14-13-15-9-5-4-6-10-15/h4-14H,1-3H3/b14-13+/t20-/m0/s1. The Bertz CT molecular complexity index is 621. The average molecular weight is 284 g/mol. The van der Waals surface area contributed by atoms with Crippen LogP contribution in [0.25, 0.3) is 12.2 Å². The first-order valence-corrected chi connectivity index (χ1v) is 7.87. The molecule has 20 heavy (non-hydrogen) atoms. The van der Waals surface area contributed by atoms with Crippen LogP contribution in [0.2, 0.25) is 0 Å². The number of rotatable bonds is 3. The van der Waals surface area contributed by atoms with Crippen molar-refractivity contribution < 1.29 is 4.21 Å². The lowest BCUT2D eigenvalue weighted by Gasteiger charge is -2.19. The molecule has 104 valence electrons. The van der Waals surface area contributed by atoms with Gasteiger partial charge in [-0.05, 0) is 38.0 Å². The molecule has 1 atom stereocenters. The van der Waals surface area contributed by atoms with Crippen LogP contribution in [0.4, 0.5) is 0 Å². The zero-order valence-corrected chi connectivity index (χ0v) is 13.0. The van der Waals surface area contributed by atoms with Crippen LogP contribution in [0.5, 0.6) is 0 Å². The summed E-state index contributed by atoms with van der Waals surface area (Å²) in [4.78, 5) is 0.896. The first-order valence-electron chi connectivity index (χ1n) is 6.72. The highest BCUT2D eigenvalue weighted by molar-refractivity contribution is 7.86. The van der Waals surface area contributed by atoms with E-state index < -0.39 is 10.8 Å². The summed E-state index contributed by atoms with van der Waals surface area (Å²) in [6.07, 6.45) is 4.09. The summed E-state index contributed by atoms with van der Waals surface area (Å²) in [5.41, 5.74) is 2.16. The molecule has 0 aromatic heterocycles. The monoisotopic (exact) mass is 284 g/mol. The summed E-state index contributed by atoms with van der Waals surface area (Å²) in [6, 6.07) is 18.0. The van der Waals surface area contributed by atoms with Crippen molar-refractivity contribution in [2.75, 3.05) is 0 Å². The van der Waals surface area contributed by atoms with Gasteiger partial charge in [-0.1, -0.05) is 60.7 Å². The maximum absolute atomic E-state index is 12.6. The van der Waals surface area contributed by atoms with Crippen LogP contribution in [0.15, 0.2) is 59.5 Å². The van der Waals surface area contributed by atoms with Crippen molar-refractivity contribution in [3.05, 3.63) is 65.7 Å². The Morgan fingerprint density at radius 3 is 2.10 bits per heavy atom. The van der Waals surface area contributed by atoms with Crippen molar-refractivity contribution in [3.63, 3.8) is 0 Å². The van der Waals surface area contributed by atoms with Crippen LogP contribution in [-0.4, -0.2) is 8.96 Å². The minimum absolute atomic E-state index is 0.253. The molecule has 0 spiro atoms. The van der Waals surface area contributed by atoms with E-state index in [2.05, 4.69) is 18.2 Å². The van der Waals surface area contributed by atoms with Crippen LogP contribution in [0.3, 0.4) is 0 Å². The Labute approximate surface area is 123 Å². The Kier molecular flexibility index (Phi) is 4.56. The largest absolute Gasteiger partial charge is 0.254 e. The number of benzene rings is 2. The van der Waals surface area contributed by atoms with E-state index in [9.17, 15) is 4.21 Å². The molecule has 0 amide bonds. The normalized spacial score (nSPS) is 13.6. The molecule has 0 fully saturated rings. The lowest BCUT2D eigenvalue weighted by atomic mass is 10.1. The third-order valence-electron chi connectivity index (χ3n) is 2.93. The molecule has 2 aromatic carbocycles. The van der Waals surface area contributed by atoms with E-state index in [0.29, 0.717) is 0 Å². The molecule has 0 aliphatic heterocycles. The first kappa shape index (κ1) is 14.7. The summed E-state index contributed by atoms with van der Waals surface area (Å²) < 4.78 is 12.3. The van der Waals surface area contributed by atoms with Gasteiger partial charge in [0.15, 0.2) is 0 Å². The predicted octanol–water partition coefficient (Wildman–Crippen LogP) is 4.76. The van der Waals surface area contributed by atoms with Crippen molar-refractivity contribution in [1.29, 1.82) is 0 Å². The van der Waals surface area contributed by atoms with Crippen LogP contribution < -0.4 is 0 Å². The minimum atomic E-state index is -1.02. The molecular formula is C18H20OS.